The summed E-state index contributed by atoms with van der Waals surface area (Å²) in [5.74, 6) is -1.02. The first-order chi connectivity index (χ1) is 9.84. The number of carboxylic acids is 1. The number of carbonyl (C=O) groups excluding carboxylic acids is 1. The van der Waals surface area contributed by atoms with Crippen LogP contribution in [0.2, 0.25) is 0 Å². The van der Waals surface area contributed by atoms with Crippen molar-refractivity contribution in [2.24, 2.45) is 0 Å². The molecule has 1 aromatic carbocycles. The highest BCUT2D eigenvalue weighted by molar-refractivity contribution is 5.85. The molecule has 5 nitrogen and oxygen atoms in total. The van der Waals surface area contributed by atoms with E-state index in [1.54, 1.807) is 6.92 Å². The third-order valence-corrected chi connectivity index (χ3v) is 3.69. The van der Waals surface area contributed by atoms with Crippen molar-refractivity contribution in [1.82, 2.24) is 10.2 Å². The molecule has 1 aromatic rings. The maximum absolute atomic E-state index is 12.2. The van der Waals surface area contributed by atoms with Gasteiger partial charge in [0.15, 0.2) is 0 Å². The summed E-state index contributed by atoms with van der Waals surface area (Å²) in [5, 5.41) is 12.0. The van der Waals surface area contributed by atoms with Crippen molar-refractivity contribution in [2.45, 2.75) is 46.2 Å². The Kier molecular flexibility index (Phi) is 5.76. The number of amides is 2. The van der Waals surface area contributed by atoms with Crippen LogP contribution in [0.4, 0.5) is 4.79 Å². The number of rotatable bonds is 6. The van der Waals surface area contributed by atoms with Crippen molar-refractivity contribution >= 4 is 12.0 Å². The van der Waals surface area contributed by atoms with Crippen molar-refractivity contribution < 1.29 is 14.7 Å². The fourth-order valence-corrected chi connectivity index (χ4v) is 2.25. The van der Waals surface area contributed by atoms with E-state index in [4.69, 9.17) is 0 Å². The number of likely N-dealkylation sites (N-methyl/N-ethyl adjacent to an activating group) is 1. The number of urea groups is 1. The van der Waals surface area contributed by atoms with Crippen molar-refractivity contribution in [3.05, 3.63) is 35.4 Å². The van der Waals surface area contributed by atoms with Gasteiger partial charge in [-0.15, -0.1) is 0 Å². The first-order valence-corrected chi connectivity index (χ1v) is 7.20. The van der Waals surface area contributed by atoms with Crippen LogP contribution in [0.25, 0.3) is 0 Å². The Morgan fingerprint density at radius 1 is 1.19 bits per heavy atom. The third-order valence-electron chi connectivity index (χ3n) is 3.69. The maximum Gasteiger partial charge on any atom is 0.329 e. The fourth-order valence-electron chi connectivity index (χ4n) is 2.25. The summed E-state index contributed by atoms with van der Waals surface area (Å²) in [6, 6.07) is 7.53. The van der Waals surface area contributed by atoms with Crippen LogP contribution in [-0.4, -0.2) is 34.1 Å². The van der Waals surface area contributed by atoms with Crippen LogP contribution in [0.3, 0.4) is 0 Å². The van der Waals surface area contributed by atoms with Crippen molar-refractivity contribution in [2.75, 3.05) is 6.54 Å². The number of benzene rings is 1. The van der Waals surface area contributed by atoms with Crippen LogP contribution in [0.15, 0.2) is 24.3 Å². The van der Waals surface area contributed by atoms with E-state index in [9.17, 15) is 14.7 Å². The summed E-state index contributed by atoms with van der Waals surface area (Å²) in [6.07, 6.45) is 0.893. The maximum atomic E-state index is 12.2. The second-order valence-electron chi connectivity index (χ2n) is 5.39. The second kappa shape index (κ2) is 7.11. The topological polar surface area (TPSA) is 69.6 Å². The van der Waals surface area contributed by atoms with Crippen molar-refractivity contribution in [3.63, 3.8) is 0 Å². The molecule has 116 valence electrons. The van der Waals surface area contributed by atoms with E-state index in [-0.39, 0.29) is 6.03 Å². The molecule has 2 amide bonds. The lowest BCUT2D eigenvalue weighted by Gasteiger charge is -2.34. The van der Waals surface area contributed by atoms with Gasteiger partial charge in [-0.2, -0.15) is 0 Å². The Morgan fingerprint density at radius 3 is 2.24 bits per heavy atom. The highest BCUT2D eigenvalue weighted by Gasteiger charge is 2.36. The number of nitrogens with one attached hydrogen (secondary N) is 1. The molecular formula is C16H24N2O3. The average molecular weight is 292 g/mol. The number of hydrogen-bond acceptors (Lipinski definition) is 2. The van der Waals surface area contributed by atoms with E-state index in [0.29, 0.717) is 13.1 Å². The van der Waals surface area contributed by atoms with Gasteiger partial charge in [0.05, 0.1) is 0 Å². The number of hydrogen-bond donors (Lipinski definition) is 2. The normalized spacial score (nSPS) is 11.0. The third kappa shape index (κ3) is 3.97. The minimum absolute atomic E-state index is 0.334. The summed E-state index contributed by atoms with van der Waals surface area (Å²) in [6.45, 7) is 7.61. The molecule has 0 bridgehead atoms. The number of aryl methyl sites for hydroxylation is 1. The van der Waals surface area contributed by atoms with E-state index >= 15 is 0 Å². The molecular weight excluding hydrogens is 268 g/mol. The lowest BCUT2D eigenvalue weighted by atomic mass is 10.0. The Hall–Kier alpha value is -2.04. The predicted molar refractivity (Wildman–Crippen MR) is 82.2 cm³/mol. The smallest absolute Gasteiger partial charge is 0.329 e. The van der Waals surface area contributed by atoms with Crippen LogP contribution in [0, 0.1) is 0 Å². The minimum Gasteiger partial charge on any atom is -0.480 e. The average Bonchev–Trinajstić information content (AvgIpc) is 2.45. The monoisotopic (exact) mass is 292 g/mol. The Bertz CT molecular complexity index is 512. The molecule has 0 radical (unpaired) electrons. The molecule has 0 spiro atoms. The summed E-state index contributed by atoms with van der Waals surface area (Å²) in [5.41, 5.74) is 0.999. The largest absolute Gasteiger partial charge is 0.480 e. The molecule has 0 aromatic heterocycles. The van der Waals surface area contributed by atoms with Gasteiger partial charge in [-0.25, -0.2) is 9.59 Å². The lowest BCUT2D eigenvalue weighted by Crippen LogP contribution is -2.55. The Balaban J connectivity index is 2.78. The Morgan fingerprint density at radius 2 is 1.76 bits per heavy atom. The molecule has 0 unspecified atom stereocenters. The number of aliphatic carboxylic acids is 1. The van der Waals surface area contributed by atoms with Gasteiger partial charge in [0.1, 0.15) is 5.54 Å². The molecule has 0 aliphatic rings. The van der Waals surface area contributed by atoms with Gasteiger partial charge in [-0.3, -0.25) is 0 Å². The molecule has 21 heavy (non-hydrogen) atoms. The van der Waals surface area contributed by atoms with E-state index in [1.807, 2.05) is 24.3 Å². The van der Waals surface area contributed by atoms with Gasteiger partial charge in [0, 0.05) is 13.1 Å². The molecule has 5 heteroatoms. The highest BCUT2D eigenvalue weighted by atomic mass is 16.4. The summed E-state index contributed by atoms with van der Waals surface area (Å²) >= 11 is 0. The number of carbonyl (C=O) groups is 2. The zero-order chi connectivity index (χ0) is 16.0. The van der Waals surface area contributed by atoms with Gasteiger partial charge in [-0.1, -0.05) is 31.2 Å². The molecule has 0 saturated carbocycles. The van der Waals surface area contributed by atoms with E-state index in [0.717, 1.165) is 12.0 Å². The second-order valence-corrected chi connectivity index (χ2v) is 5.39. The van der Waals surface area contributed by atoms with Crippen LogP contribution < -0.4 is 5.32 Å². The van der Waals surface area contributed by atoms with Crippen molar-refractivity contribution in [3.8, 4) is 0 Å². The minimum atomic E-state index is -1.23. The van der Waals surface area contributed by atoms with E-state index in [2.05, 4.69) is 12.2 Å². The van der Waals surface area contributed by atoms with Crippen LogP contribution >= 0.6 is 0 Å². The standard InChI is InChI=1S/C16H24N2O3/c1-5-12-9-7-8-10-13(12)11-17-15(21)18(6-2)16(3,4)14(19)20/h7-10H,5-6,11H2,1-4H3,(H,17,21)(H,19,20). The van der Waals surface area contributed by atoms with E-state index in [1.165, 1.54) is 24.3 Å². The zero-order valence-electron chi connectivity index (χ0n) is 13.1. The van der Waals surface area contributed by atoms with E-state index < -0.39 is 11.5 Å². The molecule has 0 atom stereocenters. The van der Waals surface area contributed by atoms with Gasteiger partial charge < -0.3 is 15.3 Å². The van der Waals surface area contributed by atoms with Crippen LogP contribution in [0.1, 0.15) is 38.8 Å². The van der Waals surface area contributed by atoms with Crippen molar-refractivity contribution in [1.29, 1.82) is 0 Å². The molecule has 2 N–H and O–H groups in total. The summed E-state index contributed by atoms with van der Waals surface area (Å²) < 4.78 is 0. The van der Waals surface area contributed by atoms with Crippen LogP contribution in [0.5, 0.6) is 0 Å². The highest BCUT2D eigenvalue weighted by Crippen LogP contribution is 2.15. The number of nitrogens with zero attached hydrogens (tertiary/aromatic N) is 1. The van der Waals surface area contributed by atoms with Gasteiger partial charge >= 0.3 is 12.0 Å². The number of carboxylic acid groups (broad SMARTS) is 1. The first kappa shape index (κ1) is 17.0. The van der Waals surface area contributed by atoms with Gasteiger partial charge in [0.25, 0.3) is 0 Å². The zero-order valence-corrected chi connectivity index (χ0v) is 13.1. The molecule has 0 aliphatic carbocycles. The van der Waals surface area contributed by atoms with Gasteiger partial charge in [-0.05, 0) is 38.3 Å². The van der Waals surface area contributed by atoms with Gasteiger partial charge in [0.2, 0.25) is 0 Å². The van der Waals surface area contributed by atoms with Crippen LogP contribution in [-0.2, 0) is 17.8 Å². The SMILES string of the molecule is CCc1ccccc1CNC(=O)N(CC)C(C)(C)C(=O)O. The molecule has 0 fully saturated rings. The first-order valence-electron chi connectivity index (χ1n) is 7.20. The Labute approximate surface area is 126 Å². The molecule has 0 heterocycles. The molecule has 1 rings (SSSR count). The summed E-state index contributed by atoms with van der Waals surface area (Å²) in [4.78, 5) is 24.9. The fraction of sp³-hybridized carbons (Fsp3) is 0.500. The molecule has 0 saturated heterocycles. The predicted octanol–water partition coefficient (Wildman–Crippen LogP) is 2.64. The quantitative estimate of drug-likeness (QED) is 0.847. The lowest BCUT2D eigenvalue weighted by molar-refractivity contribution is -0.147. The molecule has 0 aliphatic heterocycles. The summed E-state index contributed by atoms with van der Waals surface area (Å²) in [7, 11) is 0.